The zero-order chi connectivity index (χ0) is 13.2. The van der Waals surface area contributed by atoms with Crippen LogP contribution in [-0.4, -0.2) is 23.9 Å². The van der Waals surface area contributed by atoms with Gasteiger partial charge in [0.1, 0.15) is 6.17 Å². The van der Waals surface area contributed by atoms with E-state index in [4.69, 9.17) is 0 Å². The molecular weight excluding hydrogens is 256 g/mol. The van der Waals surface area contributed by atoms with E-state index in [2.05, 4.69) is 29.3 Å². The van der Waals surface area contributed by atoms with Crippen molar-refractivity contribution in [1.82, 2.24) is 10.2 Å². The molecule has 1 aliphatic heterocycles. The van der Waals surface area contributed by atoms with E-state index in [1.165, 1.54) is 41.9 Å². The van der Waals surface area contributed by atoms with Gasteiger partial charge in [-0.2, -0.15) is 0 Å². The Balaban J connectivity index is 1.71. The van der Waals surface area contributed by atoms with Crippen LogP contribution in [0.5, 0.6) is 0 Å². The molecule has 0 radical (unpaired) electrons. The lowest BCUT2D eigenvalue weighted by atomic mass is 9.89. The van der Waals surface area contributed by atoms with Gasteiger partial charge in [-0.3, -0.25) is 10.1 Å². The zero-order valence-corrected chi connectivity index (χ0v) is 12.3. The van der Waals surface area contributed by atoms with Gasteiger partial charge >= 0.3 is 0 Å². The van der Waals surface area contributed by atoms with E-state index in [0.717, 1.165) is 6.54 Å². The molecule has 2 fully saturated rings. The molecular formula is C15H22N2OS. The number of hydrogen-bond acceptors (Lipinski definition) is 3. The number of rotatable bonds is 3. The number of thiophene rings is 1. The molecule has 2 aliphatic rings. The smallest absolute Gasteiger partial charge is 0.238 e. The average molecular weight is 278 g/mol. The second-order valence-electron chi connectivity index (χ2n) is 5.78. The maximum Gasteiger partial charge on any atom is 0.238 e. The molecule has 104 valence electrons. The highest BCUT2D eigenvalue weighted by atomic mass is 32.1. The first-order valence-corrected chi connectivity index (χ1v) is 8.15. The Morgan fingerprint density at radius 1 is 1.32 bits per heavy atom. The molecule has 1 aromatic rings. The molecule has 4 heteroatoms. The predicted octanol–water partition coefficient (Wildman–Crippen LogP) is 3.07. The third-order valence-corrected chi connectivity index (χ3v) is 5.34. The number of nitrogens with one attached hydrogen (secondary N) is 1. The minimum Gasteiger partial charge on any atom is -0.321 e. The van der Waals surface area contributed by atoms with E-state index >= 15 is 0 Å². The van der Waals surface area contributed by atoms with Gasteiger partial charge in [0.15, 0.2) is 0 Å². The van der Waals surface area contributed by atoms with Crippen molar-refractivity contribution in [2.24, 2.45) is 5.92 Å². The molecule has 2 heterocycles. The first-order chi connectivity index (χ1) is 9.24. The van der Waals surface area contributed by atoms with Crippen LogP contribution in [-0.2, 0) is 4.79 Å². The number of carbonyl (C=O) groups excluding carboxylic acids is 1. The first kappa shape index (κ1) is 13.1. The molecule has 0 bridgehead atoms. The van der Waals surface area contributed by atoms with Crippen LogP contribution in [0.2, 0.25) is 0 Å². The van der Waals surface area contributed by atoms with E-state index in [1.54, 1.807) is 11.3 Å². The molecule has 3 nitrogen and oxygen atoms in total. The van der Waals surface area contributed by atoms with Crippen LogP contribution >= 0.6 is 11.3 Å². The van der Waals surface area contributed by atoms with Crippen molar-refractivity contribution >= 4 is 17.2 Å². The normalized spacial score (nSPS) is 25.2. The number of amides is 1. The summed E-state index contributed by atoms with van der Waals surface area (Å²) >= 11 is 1.80. The summed E-state index contributed by atoms with van der Waals surface area (Å²) in [6, 6.07) is 4.30. The van der Waals surface area contributed by atoms with Crippen LogP contribution in [0.4, 0.5) is 0 Å². The molecule has 19 heavy (non-hydrogen) atoms. The van der Waals surface area contributed by atoms with Gasteiger partial charge < -0.3 is 4.90 Å². The monoisotopic (exact) mass is 278 g/mol. The molecule has 1 aromatic heterocycles. The average Bonchev–Trinajstić information content (AvgIpc) is 2.99. The summed E-state index contributed by atoms with van der Waals surface area (Å²) in [6.07, 6.45) is 6.75. The van der Waals surface area contributed by atoms with E-state index in [1.807, 2.05) is 0 Å². The fraction of sp³-hybridized carbons (Fsp3) is 0.667. The van der Waals surface area contributed by atoms with Crippen LogP contribution in [0.1, 0.15) is 48.0 Å². The van der Waals surface area contributed by atoms with Crippen molar-refractivity contribution < 1.29 is 4.79 Å². The van der Waals surface area contributed by atoms with Crippen molar-refractivity contribution in [2.45, 2.75) is 45.2 Å². The third-order valence-electron chi connectivity index (χ3n) is 4.29. The number of hydrogen-bond donors (Lipinski definition) is 1. The van der Waals surface area contributed by atoms with Crippen LogP contribution in [0, 0.1) is 12.8 Å². The summed E-state index contributed by atoms with van der Waals surface area (Å²) in [6.45, 7) is 3.55. The Labute approximate surface area is 119 Å². The SMILES string of the molecule is Cc1ccc(C2NCC(=O)N2CC2CCCCC2)s1. The maximum atomic E-state index is 12.1. The lowest BCUT2D eigenvalue weighted by Crippen LogP contribution is -2.35. The third kappa shape index (κ3) is 2.84. The van der Waals surface area contributed by atoms with Crippen molar-refractivity contribution in [1.29, 1.82) is 0 Å². The van der Waals surface area contributed by atoms with E-state index in [-0.39, 0.29) is 12.1 Å². The second kappa shape index (κ2) is 5.63. The lowest BCUT2D eigenvalue weighted by Gasteiger charge is -2.30. The summed E-state index contributed by atoms with van der Waals surface area (Å²) in [4.78, 5) is 16.8. The molecule has 3 rings (SSSR count). The van der Waals surface area contributed by atoms with Crippen molar-refractivity contribution in [3.8, 4) is 0 Å². The first-order valence-electron chi connectivity index (χ1n) is 7.33. The van der Waals surface area contributed by atoms with E-state index in [9.17, 15) is 4.79 Å². The minimum atomic E-state index is 0.119. The standard InChI is InChI=1S/C15H22N2OS/c1-11-7-8-13(19-11)15-16-9-14(18)17(15)10-12-5-3-2-4-6-12/h7-8,12,15-16H,2-6,9-10H2,1H3. The number of carbonyl (C=O) groups is 1. The van der Waals surface area contributed by atoms with Crippen LogP contribution in [0.3, 0.4) is 0 Å². The molecule has 1 saturated carbocycles. The van der Waals surface area contributed by atoms with Gasteiger partial charge in [0.25, 0.3) is 0 Å². The van der Waals surface area contributed by atoms with Crippen LogP contribution < -0.4 is 5.32 Å². The second-order valence-corrected chi connectivity index (χ2v) is 7.10. The van der Waals surface area contributed by atoms with Crippen LogP contribution in [0.15, 0.2) is 12.1 Å². The highest BCUT2D eigenvalue weighted by Gasteiger charge is 2.34. The summed E-state index contributed by atoms with van der Waals surface area (Å²) < 4.78 is 0. The molecule has 0 aromatic carbocycles. The molecule has 1 saturated heterocycles. The van der Waals surface area contributed by atoms with Crippen LogP contribution in [0.25, 0.3) is 0 Å². The van der Waals surface area contributed by atoms with Gasteiger partial charge in [-0.25, -0.2) is 0 Å². The van der Waals surface area contributed by atoms with Gasteiger partial charge in [-0.05, 0) is 37.8 Å². The Morgan fingerprint density at radius 2 is 2.11 bits per heavy atom. The fourth-order valence-electron chi connectivity index (χ4n) is 3.25. The van der Waals surface area contributed by atoms with Crippen molar-refractivity contribution in [2.75, 3.05) is 13.1 Å². The molecule has 1 aliphatic carbocycles. The van der Waals surface area contributed by atoms with Gasteiger partial charge in [-0.15, -0.1) is 11.3 Å². The number of aryl methyl sites for hydroxylation is 1. The van der Waals surface area contributed by atoms with Crippen molar-refractivity contribution in [3.05, 3.63) is 21.9 Å². The molecule has 1 N–H and O–H groups in total. The molecule has 0 spiro atoms. The fourth-order valence-corrected chi connectivity index (χ4v) is 4.22. The molecule has 1 amide bonds. The summed E-state index contributed by atoms with van der Waals surface area (Å²) in [5, 5.41) is 3.36. The van der Waals surface area contributed by atoms with Gasteiger partial charge in [0.2, 0.25) is 5.91 Å². The highest BCUT2D eigenvalue weighted by Crippen LogP contribution is 2.32. The molecule has 1 unspecified atom stereocenters. The Hall–Kier alpha value is -0.870. The van der Waals surface area contributed by atoms with E-state index < -0.39 is 0 Å². The van der Waals surface area contributed by atoms with Crippen molar-refractivity contribution in [3.63, 3.8) is 0 Å². The largest absolute Gasteiger partial charge is 0.321 e. The lowest BCUT2D eigenvalue weighted by molar-refractivity contribution is -0.128. The number of nitrogens with zero attached hydrogens (tertiary/aromatic N) is 1. The van der Waals surface area contributed by atoms with Gasteiger partial charge in [-0.1, -0.05) is 19.3 Å². The zero-order valence-electron chi connectivity index (χ0n) is 11.5. The Morgan fingerprint density at radius 3 is 2.79 bits per heavy atom. The van der Waals surface area contributed by atoms with Gasteiger partial charge in [0, 0.05) is 16.3 Å². The summed E-state index contributed by atoms with van der Waals surface area (Å²) in [5.74, 6) is 0.975. The maximum absolute atomic E-state index is 12.1. The predicted molar refractivity (Wildman–Crippen MR) is 78.1 cm³/mol. The minimum absolute atomic E-state index is 0.119. The summed E-state index contributed by atoms with van der Waals surface area (Å²) in [7, 11) is 0. The summed E-state index contributed by atoms with van der Waals surface area (Å²) in [5.41, 5.74) is 0. The van der Waals surface area contributed by atoms with E-state index in [0.29, 0.717) is 12.5 Å². The highest BCUT2D eigenvalue weighted by molar-refractivity contribution is 7.12. The Kier molecular flexibility index (Phi) is 3.89. The quantitative estimate of drug-likeness (QED) is 0.921. The van der Waals surface area contributed by atoms with Gasteiger partial charge in [0.05, 0.1) is 6.54 Å². The Bertz CT molecular complexity index is 451. The topological polar surface area (TPSA) is 32.3 Å². The molecule has 1 atom stereocenters.